The standard InChI is InChI=1S/C12H21N3O/c1-11(7-4-9-14-15-13)5-3-6-12(2)8-10-16/h5,8,16H,3-4,6-7,9-10H2,1-2H3/b11-5+,12-8+. The summed E-state index contributed by atoms with van der Waals surface area (Å²) in [6.07, 6.45) is 7.96. The van der Waals surface area contributed by atoms with Crippen molar-refractivity contribution in [1.82, 2.24) is 0 Å². The van der Waals surface area contributed by atoms with Crippen LogP contribution in [0.1, 0.15) is 39.5 Å². The molecule has 90 valence electrons. The minimum Gasteiger partial charge on any atom is -0.392 e. The van der Waals surface area contributed by atoms with Crippen LogP contribution in [0.2, 0.25) is 0 Å². The van der Waals surface area contributed by atoms with Crippen molar-refractivity contribution in [3.8, 4) is 0 Å². The number of allylic oxidation sites excluding steroid dienone is 3. The fraction of sp³-hybridized carbons (Fsp3) is 0.667. The van der Waals surface area contributed by atoms with Crippen LogP contribution in [-0.4, -0.2) is 18.3 Å². The molecule has 0 aromatic heterocycles. The van der Waals surface area contributed by atoms with Crippen LogP contribution in [0, 0.1) is 0 Å². The normalized spacial score (nSPS) is 12.4. The van der Waals surface area contributed by atoms with E-state index in [1.807, 2.05) is 13.0 Å². The first-order valence-electron chi connectivity index (χ1n) is 5.63. The topological polar surface area (TPSA) is 69.0 Å². The molecule has 0 saturated heterocycles. The maximum atomic E-state index is 8.68. The lowest BCUT2D eigenvalue weighted by Gasteiger charge is -2.00. The predicted molar refractivity (Wildman–Crippen MR) is 67.1 cm³/mol. The molecular weight excluding hydrogens is 202 g/mol. The van der Waals surface area contributed by atoms with Crippen molar-refractivity contribution in [3.63, 3.8) is 0 Å². The maximum Gasteiger partial charge on any atom is 0.0614 e. The molecule has 0 bridgehead atoms. The van der Waals surface area contributed by atoms with E-state index < -0.39 is 0 Å². The lowest BCUT2D eigenvalue weighted by atomic mass is 10.1. The highest BCUT2D eigenvalue weighted by Crippen LogP contribution is 2.09. The van der Waals surface area contributed by atoms with E-state index in [4.69, 9.17) is 10.6 Å². The third-order valence-electron chi connectivity index (χ3n) is 2.36. The highest BCUT2D eigenvalue weighted by molar-refractivity contribution is 5.03. The Morgan fingerprint density at radius 3 is 2.56 bits per heavy atom. The third-order valence-corrected chi connectivity index (χ3v) is 2.36. The third kappa shape index (κ3) is 9.31. The molecule has 4 nitrogen and oxygen atoms in total. The molecule has 0 aliphatic heterocycles. The maximum absolute atomic E-state index is 8.68. The first-order chi connectivity index (χ1) is 7.70. The van der Waals surface area contributed by atoms with Crippen LogP contribution in [0.5, 0.6) is 0 Å². The number of hydrogen-bond donors (Lipinski definition) is 1. The molecule has 0 atom stereocenters. The van der Waals surface area contributed by atoms with Gasteiger partial charge in [0.2, 0.25) is 0 Å². The van der Waals surface area contributed by atoms with Crippen LogP contribution in [-0.2, 0) is 0 Å². The highest BCUT2D eigenvalue weighted by atomic mass is 16.2. The fourth-order valence-corrected chi connectivity index (χ4v) is 1.38. The Hall–Kier alpha value is -1.25. The molecule has 0 fully saturated rings. The zero-order chi connectivity index (χ0) is 12.2. The minimum atomic E-state index is 0.126. The van der Waals surface area contributed by atoms with Crippen molar-refractivity contribution < 1.29 is 5.11 Å². The molecule has 0 aliphatic carbocycles. The molecule has 0 aromatic rings. The molecule has 0 aromatic carbocycles. The van der Waals surface area contributed by atoms with Gasteiger partial charge in [-0.25, -0.2) is 0 Å². The second-order valence-electron chi connectivity index (χ2n) is 3.88. The zero-order valence-electron chi connectivity index (χ0n) is 10.2. The van der Waals surface area contributed by atoms with E-state index in [-0.39, 0.29) is 6.61 Å². The zero-order valence-corrected chi connectivity index (χ0v) is 10.2. The summed E-state index contributed by atoms with van der Waals surface area (Å²) in [5, 5.41) is 12.2. The van der Waals surface area contributed by atoms with E-state index in [0.717, 1.165) is 25.7 Å². The van der Waals surface area contributed by atoms with Crippen LogP contribution in [0.4, 0.5) is 0 Å². The number of hydrogen-bond acceptors (Lipinski definition) is 2. The van der Waals surface area contributed by atoms with E-state index in [9.17, 15) is 0 Å². The van der Waals surface area contributed by atoms with Crippen molar-refractivity contribution in [2.75, 3.05) is 13.2 Å². The van der Waals surface area contributed by atoms with Crippen LogP contribution < -0.4 is 0 Å². The van der Waals surface area contributed by atoms with Gasteiger partial charge in [-0.05, 0) is 45.1 Å². The number of rotatable bonds is 8. The monoisotopic (exact) mass is 223 g/mol. The number of aliphatic hydroxyl groups is 1. The smallest absolute Gasteiger partial charge is 0.0614 e. The van der Waals surface area contributed by atoms with Gasteiger partial charge in [0.1, 0.15) is 0 Å². The van der Waals surface area contributed by atoms with Crippen molar-refractivity contribution >= 4 is 0 Å². The quantitative estimate of drug-likeness (QED) is 0.220. The molecule has 0 aliphatic rings. The van der Waals surface area contributed by atoms with Crippen LogP contribution in [0.25, 0.3) is 10.4 Å². The molecule has 0 rings (SSSR count). The van der Waals surface area contributed by atoms with Gasteiger partial charge in [0.25, 0.3) is 0 Å². The van der Waals surface area contributed by atoms with Gasteiger partial charge in [-0.3, -0.25) is 0 Å². The average Bonchev–Trinajstić information content (AvgIpc) is 2.25. The van der Waals surface area contributed by atoms with Gasteiger partial charge >= 0.3 is 0 Å². The summed E-state index contributed by atoms with van der Waals surface area (Å²) in [5.74, 6) is 0. The van der Waals surface area contributed by atoms with Crippen LogP contribution >= 0.6 is 0 Å². The molecule has 0 unspecified atom stereocenters. The molecule has 1 N–H and O–H groups in total. The molecule has 0 amide bonds. The van der Waals surface area contributed by atoms with Gasteiger partial charge in [0.05, 0.1) is 6.61 Å². The van der Waals surface area contributed by atoms with Crippen LogP contribution in [0.15, 0.2) is 28.4 Å². The van der Waals surface area contributed by atoms with E-state index in [1.165, 1.54) is 11.1 Å². The Morgan fingerprint density at radius 2 is 1.94 bits per heavy atom. The SMILES string of the molecule is C/C(=C\CO)CC/C=C(\C)CCCN=[N+]=[N-]. The van der Waals surface area contributed by atoms with Crippen LogP contribution in [0.3, 0.4) is 0 Å². The highest BCUT2D eigenvalue weighted by Gasteiger charge is 1.91. The van der Waals surface area contributed by atoms with Gasteiger partial charge in [-0.2, -0.15) is 0 Å². The lowest BCUT2D eigenvalue weighted by Crippen LogP contribution is -1.84. The van der Waals surface area contributed by atoms with Gasteiger partial charge in [-0.1, -0.05) is 28.4 Å². The second kappa shape index (κ2) is 10.3. The number of aliphatic hydroxyl groups excluding tert-OH is 1. The van der Waals surface area contributed by atoms with Gasteiger partial charge in [-0.15, -0.1) is 0 Å². The van der Waals surface area contributed by atoms with Gasteiger partial charge in [0, 0.05) is 11.5 Å². The molecule has 0 radical (unpaired) electrons. The van der Waals surface area contributed by atoms with E-state index in [0.29, 0.717) is 6.54 Å². The number of nitrogens with zero attached hydrogens (tertiary/aromatic N) is 3. The molecule has 16 heavy (non-hydrogen) atoms. The molecule has 0 heterocycles. The van der Waals surface area contributed by atoms with Gasteiger partial charge in [0.15, 0.2) is 0 Å². The summed E-state index contributed by atoms with van der Waals surface area (Å²) in [5.41, 5.74) is 10.7. The van der Waals surface area contributed by atoms with E-state index in [1.54, 1.807) is 0 Å². The lowest BCUT2D eigenvalue weighted by molar-refractivity contribution is 0.341. The second-order valence-corrected chi connectivity index (χ2v) is 3.88. The minimum absolute atomic E-state index is 0.126. The summed E-state index contributed by atoms with van der Waals surface area (Å²) >= 11 is 0. The molecule has 0 saturated carbocycles. The molecular formula is C12H21N3O. The first kappa shape index (κ1) is 14.8. The molecule has 4 heteroatoms. The van der Waals surface area contributed by atoms with Crippen molar-refractivity contribution in [3.05, 3.63) is 33.7 Å². The summed E-state index contributed by atoms with van der Waals surface area (Å²) in [4.78, 5) is 2.71. The summed E-state index contributed by atoms with van der Waals surface area (Å²) in [6, 6.07) is 0. The molecule has 0 spiro atoms. The summed E-state index contributed by atoms with van der Waals surface area (Å²) < 4.78 is 0. The predicted octanol–water partition coefficient (Wildman–Crippen LogP) is 3.74. The Labute approximate surface area is 97.3 Å². The Balaban J connectivity index is 3.70. The van der Waals surface area contributed by atoms with E-state index in [2.05, 4.69) is 23.0 Å². The fourth-order valence-electron chi connectivity index (χ4n) is 1.38. The summed E-state index contributed by atoms with van der Waals surface area (Å²) in [7, 11) is 0. The average molecular weight is 223 g/mol. The van der Waals surface area contributed by atoms with Crippen molar-refractivity contribution in [2.45, 2.75) is 39.5 Å². The number of azide groups is 1. The Morgan fingerprint density at radius 1 is 1.25 bits per heavy atom. The van der Waals surface area contributed by atoms with Crippen molar-refractivity contribution in [1.29, 1.82) is 0 Å². The summed E-state index contributed by atoms with van der Waals surface area (Å²) in [6.45, 7) is 4.83. The largest absolute Gasteiger partial charge is 0.392 e. The Bertz CT molecular complexity index is 289. The van der Waals surface area contributed by atoms with Crippen molar-refractivity contribution in [2.24, 2.45) is 5.11 Å². The Kier molecular flexibility index (Phi) is 9.47. The van der Waals surface area contributed by atoms with Gasteiger partial charge < -0.3 is 5.11 Å². The van der Waals surface area contributed by atoms with E-state index >= 15 is 0 Å². The first-order valence-corrected chi connectivity index (χ1v) is 5.63.